The lowest BCUT2D eigenvalue weighted by molar-refractivity contribution is 0.0947. The highest BCUT2D eigenvalue weighted by molar-refractivity contribution is 5.98. The second-order valence-corrected chi connectivity index (χ2v) is 8.17. The molecule has 6 heteroatoms. The van der Waals surface area contributed by atoms with Crippen molar-refractivity contribution in [1.82, 2.24) is 15.6 Å². The monoisotopic (exact) mass is 428 g/mol. The minimum atomic E-state index is -0.260. The van der Waals surface area contributed by atoms with Gasteiger partial charge in [-0.25, -0.2) is 4.39 Å². The van der Waals surface area contributed by atoms with Crippen molar-refractivity contribution in [2.75, 3.05) is 25.0 Å². The molecule has 1 aliphatic heterocycles. The highest BCUT2D eigenvalue weighted by Crippen LogP contribution is 2.34. The number of carbonyl (C=O) groups excluding carboxylic acids is 1. The minimum absolute atomic E-state index is 0.00116. The van der Waals surface area contributed by atoms with Crippen molar-refractivity contribution in [1.29, 1.82) is 0 Å². The van der Waals surface area contributed by atoms with Crippen molar-refractivity contribution in [2.45, 2.75) is 12.1 Å². The van der Waals surface area contributed by atoms with Gasteiger partial charge in [0.05, 0.1) is 12.1 Å². The first kappa shape index (κ1) is 20.3. The second-order valence-electron chi connectivity index (χ2n) is 8.17. The summed E-state index contributed by atoms with van der Waals surface area (Å²) in [6.07, 6.45) is 0. The van der Waals surface area contributed by atoms with E-state index in [1.54, 1.807) is 6.07 Å². The number of H-pyrrole nitrogens is 1. The number of fused-ring (bicyclic) bond motifs is 2. The van der Waals surface area contributed by atoms with Crippen LogP contribution in [0.25, 0.3) is 10.9 Å². The summed E-state index contributed by atoms with van der Waals surface area (Å²) in [5.74, 6) is -0.370. The summed E-state index contributed by atoms with van der Waals surface area (Å²) in [5.41, 5.74) is 4.14. The van der Waals surface area contributed by atoms with Crippen LogP contribution in [0.1, 0.15) is 27.7 Å². The van der Waals surface area contributed by atoms with E-state index in [-0.39, 0.29) is 23.8 Å². The van der Waals surface area contributed by atoms with Crippen molar-refractivity contribution in [3.8, 4) is 0 Å². The summed E-state index contributed by atoms with van der Waals surface area (Å²) < 4.78 is 14.6. The maximum absolute atomic E-state index is 14.6. The number of carbonyl (C=O) groups is 1. The molecule has 1 aliphatic rings. The number of nitrogens with one attached hydrogen (secondary N) is 3. The van der Waals surface area contributed by atoms with Gasteiger partial charge in [-0.2, -0.15) is 0 Å². The summed E-state index contributed by atoms with van der Waals surface area (Å²) in [6, 6.07) is 24.3. The lowest BCUT2D eigenvalue weighted by Gasteiger charge is -2.29. The predicted octanol–water partition coefficient (Wildman–Crippen LogP) is 4.23. The number of aromatic amines is 1. The number of nitrogens with zero attached hydrogens (tertiary/aromatic N) is 1. The molecule has 1 aromatic heterocycles. The van der Waals surface area contributed by atoms with E-state index in [1.807, 2.05) is 73.8 Å². The molecule has 0 spiro atoms. The molecule has 0 saturated heterocycles. The van der Waals surface area contributed by atoms with E-state index in [0.29, 0.717) is 24.3 Å². The van der Waals surface area contributed by atoms with Crippen LogP contribution in [-0.2, 0) is 0 Å². The average molecular weight is 429 g/mol. The number of hydrogen-bond donors (Lipinski definition) is 3. The van der Waals surface area contributed by atoms with Crippen molar-refractivity contribution in [2.24, 2.45) is 0 Å². The molecule has 0 fully saturated rings. The highest BCUT2D eigenvalue weighted by atomic mass is 19.1. The van der Waals surface area contributed by atoms with Gasteiger partial charge >= 0.3 is 0 Å². The molecule has 3 N–H and O–H groups in total. The smallest absolute Gasteiger partial charge is 0.267 e. The molecule has 0 aliphatic carbocycles. The lowest BCUT2D eigenvalue weighted by Crippen LogP contribution is -2.46. The van der Waals surface area contributed by atoms with Crippen molar-refractivity contribution in [3.63, 3.8) is 0 Å². The molecule has 0 radical (unpaired) electrons. The minimum Gasteiger partial charge on any atom is -0.368 e. The Balaban J connectivity index is 1.37. The number of amides is 1. The second kappa shape index (κ2) is 8.48. The Hall–Kier alpha value is -3.64. The van der Waals surface area contributed by atoms with Crippen molar-refractivity contribution < 1.29 is 9.18 Å². The molecule has 2 atom stereocenters. The largest absolute Gasteiger partial charge is 0.368 e. The number of likely N-dealkylation sites (N-methyl/N-ethyl adjacent to an activating group) is 1. The van der Waals surface area contributed by atoms with E-state index >= 15 is 0 Å². The quantitative estimate of drug-likeness (QED) is 0.456. The summed E-state index contributed by atoms with van der Waals surface area (Å²) in [5, 5.41) is 7.59. The zero-order valence-electron chi connectivity index (χ0n) is 17.8. The van der Waals surface area contributed by atoms with Gasteiger partial charge < -0.3 is 20.5 Å². The Morgan fingerprint density at radius 1 is 1.03 bits per heavy atom. The normalized spacial score (nSPS) is 18.2. The summed E-state index contributed by atoms with van der Waals surface area (Å²) in [6.45, 7) is 1.05. The fourth-order valence-corrected chi connectivity index (χ4v) is 4.45. The van der Waals surface area contributed by atoms with Crippen LogP contribution in [0.2, 0.25) is 0 Å². The summed E-state index contributed by atoms with van der Waals surface area (Å²) in [4.78, 5) is 18.1. The third-order valence-corrected chi connectivity index (χ3v) is 6.22. The van der Waals surface area contributed by atoms with Gasteiger partial charge in [-0.3, -0.25) is 4.79 Å². The number of para-hydroxylation sites is 2. The summed E-state index contributed by atoms with van der Waals surface area (Å²) >= 11 is 0. The Morgan fingerprint density at radius 2 is 1.75 bits per heavy atom. The van der Waals surface area contributed by atoms with Gasteiger partial charge in [0.2, 0.25) is 0 Å². The number of anilines is 1. The first-order chi connectivity index (χ1) is 15.6. The SMILES string of the molecule is CN1c2ccccc2C(c2ccccc2F)NCC1CNC(=O)c1cc2ccccc2[nH]1. The highest BCUT2D eigenvalue weighted by Gasteiger charge is 2.29. The zero-order valence-corrected chi connectivity index (χ0v) is 17.8. The predicted molar refractivity (Wildman–Crippen MR) is 126 cm³/mol. The first-order valence-electron chi connectivity index (χ1n) is 10.8. The first-order valence-corrected chi connectivity index (χ1v) is 10.8. The third-order valence-electron chi connectivity index (χ3n) is 6.22. The van der Waals surface area contributed by atoms with Gasteiger partial charge in [0.25, 0.3) is 5.91 Å². The molecule has 0 saturated carbocycles. The molecule has 4 aromatic rings. The molecule has 1 amide bonds. The number of hydrogen-bond acceptors (Lipinski definition) is 3. The van der Waals surface area contributed by atoms with Crippen LogP contribution in [0, 0.1) is 5.82 Å². The Kier molecular flexibility index (Phi) is 5.37. The molecule has 2 heterocycles. The molecular formula is C26H25FN4O. The molecule has 3 aromatic carbocycles. The van der Waals surface area contributed by atoms with Crippen LogP contribution >= 0.6 is 0 Å². The van der Waals surface area contributed by atoms with E-state index in [4.69, 9.17) is 0 Å². The number of halogens is 1. The van der Waals surface area contributed by atoms with Crippen molar-refractivity contribution >= 4 is 22.5 Å². The maximum atomic E-state index is 14.6. The van der Waals surface area contributed by atoms with Crippen molar-refractivity contribution in [3.05, 3.63) is 102 Å². The van der Waals surface area contributed by atoms with E-state index in [1.165, 1.54) is 6.07 Å². The van der Waals surface area contributed by atoms with Gasteiger partial charge in [-0.15, -0.1) is 0 Å². The van der Waals surface area contributed by atoms with Crippen LogP contribution in [0.15, 0.2) is 78.9 Å². The van der Waals surface area contributed by atoms with Crippen LogP contribution in [-0.4, -0.2) is 37.1 Å². The summed E-state index contributed by atoms with van der Waals surface area (Å²) in [7, 11) is 2.02. The van der Waals surface area contributed by atoms with Gasteiger partial charge in [0, 0.05) is 42.3 Å². The van der Waals surface area contributed by atoms with E-state index < -0.39 is 0 Å². The molecule has 32 heavy (non-hydrogen) atoms. The maximum Gasteiger partial charge on any atom is 0.267 e. The van der Waals surface area contributed by atoms with Crippen LogP contribution < -0.4 is 15.5 Å². The van der Waals surface area contributed by atoms with Gasteiger partial charge in [-0.1, -0.05) is 54.6 Å². The standard InChI is InChI=1S/C26H25FN4O/c1-31-18(16-29-26(32)23-14-17-8-2-6-12-22(17)30-23)15-28-25(19-9-3-5-11-21(19)27)20-10-4-7-13-24(20)31/h2-14,18,25,28,30H,15-16H2,1H3,(H,29,32). The van der Waals surface area contributed by atoms with Crippen LogP contribution in [0.3, 0.4) is 0 Å². The van der Waals surface area contributed by atoms with Crippen LogP contribution in [0.4, 0.5) is 10.1 Å². The average Bonchev–Trinajstić information content (AvgIpc) is 3.20. The lowest BCUT2D eigenvalue weighted by atomic mass is 9.97. The fraction of sp³-hybridized carbons (Fsp3) is 0.192. The Labute approximate surface area is 186 Å². The Morgan fingerprint density at radius 3 is 2.56 bits per heavy atom. The third kappa shape index (κ3) is 3.74. The Bertz CT molecular complexity index is 1230. The van der Waals surface area contributed by atoms with E-state index in [2.05, 4.69) is 20.5 Å². The van der Waals surface area contributed by atoms with E-state index in [0.717, 1.165) is 22.2 Å². The number of aromatic nitrogens is 1. The molecule has 0 bridgehead atoms. The van der Waals surface area contributed by atoms with Gasteiger partial charge in [0.1, 0.15) is 11.5 Å². The fourth-order valence-electron chi connectivity index (χ4n) is 4.45. The molecular weight excluding hydrogens is 403 g/mol. The van der Waals surface area contributed by atoms with Crippen LogP contribution in [0.5, 0.6) is 0 Å². The zero-order chi connectivity index (χ0) is 22.1. The topological polar surface area (TPSA) is 60.2 Å². The molecule has 2 unspecified atom stereocenters. The number of benzene rings is 3. The van der Waals surface area contributed by atoms with E-state index in [9.17, 15) is 9.18 Å². The molecule has 5 rings (SSSR count). The van der Waals surface area contributed by atoms with Gasteiger partial charge in [0.15, 0.2) is 0 Å². The van der Waals surface area contributed by atoms with Gasteiger partial charge in [-0.05, 0) is 29.8 Å². The molecule has 5 nitrogen and oxygen atoms in total. The number of rotatable bonds is 4. The molecule has 162 valence electrons.